The van der Waals surface area contributed by atoms with Gasteiger partial charge in [0.05, 0.1) is 24.8 Å². The predicted octanol–water partition coefficient (Wildman–Crippen LogP) is 1.23. The second-order valence-corrected chi connectivity index (χ2v) is 5.30. The van der Waals surface area contributed by atoms with Crippen molar-refractivity contribution in [2.24, 2.45) is 7.05 Å². The molecule has 1 N–H and O–H groups in total. The maximum Gasteiger partial charge on any atom is 0.252 e. The van der Waals surface area contributed by atoms with E-state index in [-0.39, 0.29) is 18.1 Å². The van der Waals surface area contributed by atoms with Crippen LogP contribution in [-0.2, 0) is 16.5 Å². The molecule has 2 aromatic rings. The highest BCUT2D eigenvalue weighted by Crippen LogP contribution is 2.22. The molecule has 1 aromatic heterocycles. The highest BCUT2D eigenvalue weighted by atomic mass is 16.5. The molecule has 1 aliphatic rings. The normalized spacial score (nSPS) is 21.0. The minimum atomic E-state index is -0.142. The number of imidazole rings is 1. The maximum atomic E-state index is 12.6. The first kappa shape index (κ1) is 14.7. The number of rotatable bonds is 4. The minimum Gasteiger partial charge on any atom is -0.377 e. The Morgan fingerprint density at radius 3 is 2.95 bits per heavy atom. The molecule has 0 aliphatic carbocycles. The highest BCUT2D eigenvalue weighted by Gasteiger charge is 2.30. The first-order valence-electron chi connectivity index (χ1n) is 7.19. The monoisotopic (exact) mass is 301 g/mol. The Kier molecular flexibility index (Phi) is 4.22. The molecule has 3 rings (SSSR count). The van der Waals surface area contributed by atoms with E-state index in [0.29, 0.717) is 18.8 Å². The fraction of sp³-hybridized carbons (Fsp3) is 0.375. The number of nitrogens with zero attached hydrogens (tertiary/aromatic N) is 2. The molecule has 6 heteroatoms. The lowest BCUT2D eigenvalue weighted by Gasteiger charge is -2.18. The topological polar surface area (TPSA) is 65.4 Å². The first-order valence-corrected chi connectivity index (χ1v) is 7.19. The van der Waals surface area contributed by atoms with Crippen LogP contribution in [0.3, 0.4) is 0 Å². The van der Waals surface area contributed by atoms with Gasteiger partial charge in [0.25, 0.3) is 5.91 Å². The molecule has 2 atom stereocenters. The Bertz CT molecular complexity index is 668. The third-order valence-corrected chi connectivity index (χ3v) is 3.88. The van der Waals surface area contributed by atoms with Crippen LogP contribution >= 0.6 is 0 Å². The summed E-state index contributed by atoms with van der Waals surface area (Å²) in [5.41, 5.74) is 1.40. The van der Waals surface area contributed by atoms with E-state index in [0.717, 1.165) is 11.4 Å². The Morgan fingerprint density at radius 1 is 1.41 bits per heavy atom. The molecule has 1 fully saturated rings. The van der Waals surface area contributed by atoms with Crippen molar-refractivity contribution in [2.45, 2.75) is 12.1 Å². The second kappa shape index (κ2) is 6.29. The Hall–Kier alpha value is -2.18. The number of aromatic nitrogens is 2. The van der Waals surface area contributed by atoms with Crippen LogP contribution in [0.15, 0.2) is 36.7 Å². The zero-order valence-corrected chi connectivity index (χ0v) is 12.7. The van der Waals surface area contributed by atoms with Gasteiger partial charge in [0, 0.05) is 32.1 Å². The van der Waals surface area contributed by atoms with Crippen molar-refractivity contribution in [3.05, 3.63) is 42.2 Å². The molecular formula is C16H19N3O3. The van der Waals surface area contributed by atoms with Crippen molar-refractivity contribution in [1.82, 2.24) is 14.9 Å². The lowest BCUT2D eigenvalue weighted by atomic mass is 10.1. The van der Waals surface area contributed by atoms with E-state index < -0.39 is 0 Å². The maximum absolute atomic E-state index is 12.6. The number of hydrogen-bond donors (Lipinski definition) is 1. The van der Waals surface area contributed by atoms with E-state index in [4.69, 9.17) is 9.47 Å². The van der Waals surface area contributed by atoms with Gasteiger partial charge in [-0.2, -0.15) is 0 Å². The smallest absolute Gasteiger partial charge is 0.252 e. The van der Waals surface area contributed by atoms with E-state index in [9.17, 15) is 4.79 Å². The number of carbonyl (C=O) groups is 1. The molecule has 0 spiro atoms. The summed E-state index contributed by atoms with van der Waals surface area (Å²) in [6, 6.07) is 7.32. The quantitative estimate of drug-likeness (QED) is 0.922. The third-order valence-electron chi connectivity index (χ3n) is 3.88. The SMILES string of the molecule is CO[C@H]1COC[C@@H]1NC(=O)c1ccccc1-c1nccn1C. The van der Waals surface area contributed by atoms with Crippen LogP contribution in [0.25, 0.3) is 11.4 Å². The molecule has 0 radical (unpaired) electrons. The number of nitrogens with one attached hydrogen (secondary N) is 1. The number of hydrogen-bond acceptors (Lipinski definition) is 4. The number of amides is 1. The summed E-state index contributed by atoms with van der Waals surface area (Å²) >= 11 is 0. The number of ether oxygens (including phenoxy) is 2. The molecule has 0 saturated carbocycles. The number of carbonyl (C=O) groups excluding carboxylic acids is 1. The summed E-state index contributed by atoms with van der Waals surface area (Å²) in [6.07, 6.45) is 3.47. The van der Waals surface area contributed by atoms with E-state index in [1.807, 2.05) is 36.0 Å². The molecule has 6 nitrogen and oxygen atoms in total. The first-order chi connectivity index (χ1) is 10.7. The Balaban J connectivity index is 1.86. The molecule has 116 valence electrons. The van der Waals surface area contributed by atoms with Crippen molar-refractivity contribution >= 4 is 5.91 Å². The van der Waals surface area contributed by atoms with Crippen molar-refractivity contribution in [2.75, 3.05) is 20.3 Å². The van der Waals surface area contributed by atoms with E-state index >= 15 is 0 Å². The van der Waals surface area contributed by atoms with E-state index in [2.05, 4.69) is 10.3 Å². The standard InChI is InChI=1S/C16H19N3O3/c1-19-8-7-17-15(19)11-5-3-4-6-12(11)16(20)18-13-9-22-10-14(13)21-2/h3-8,13-14H,9-10H2,1-2H3,(H,18,20)/t13-,14-/m0/s1. The lowest BCUT2D eigenvalue weighted by molar-refractivity contribution is 0.0685. The molecule has 1 aromatic carbocycles. The van der Waals surface area contributed by atoms with Crippen LogP contribution in [-0.4, -0.2) is 47.9 Å². The third kappa shape index (κ3) is 2.75. The predicted molar refractivity (Wildman–Crippen MR) is 81.5 cm³/mol. The summed E-state index contributed by atoms with van der Waals surface area (Å²) in [6.45, 7) is 0.970. The summed E-state index contributed by atoms with van der Waals surface area (Å²) in [7, 11) is 3.53. The molecule has 1 amide bonds. The summed E-state index contributed by atoms with van der Waals surface area (Å²) < 4.78 is 12.6. The highest BCUT2D eigenvalue weighted by molar-refractivity contribution is 6.00. The lowest BCUT2D eigenvalue weighted by Crippen LogP contribution is -2.43. The van der Waals surface area contributed by atoms with Crippen LogP contribution in [0, 0.1) is 0 Å². The molecule has 1 saturated heterocycles. The van der Waals surface area contributed by atoms with Crippen molar-refractivity contribution in [3.8, 4) is 11.4 Å². The van der Waals surface area contributed by atoms with Gasteiger partial charge in [0.15, 0.2) is 0 Å². The van der Waals surface area contributed by atoms with Crippen molar-refractivity contribution in [3.63, 3.8) is 0 Å². The van der Waals surface area contributed by atoms with Gasteiger partial charge in [-0.1, -0.05) is 18.2 Å². The summed E-state index contributed by atoms with van der Waals surface area (Å²) in [5.74, 6) is 0.618. The van der Waals surface area contributed by atoms with Gasteiger partial charge in [0.1, 0.15) is 11.9 Å². The fourth-order valence-electron chi connectivity index (χ4n) is 2.65. The van der Waals surface area contributed by atoms with Gasteiger partial charge >= 0.3 is 0 Å². The van der Waals surface area contributed by atoms with Gasteiger partial charge < -0.3 is 19.4 Å². The van der Waals surface area contributed by atoms with Gasteiger partial charge in [-0.05, 0) is 6.07 Å². The zero-order chi connectivity index (χ0) is 15.5. The molecule has 2 heterocycles. The number of methoxy groups -OCH3 is 1. The van der Waals surface area contributed by atoms with Crippen LogP contribution < -0.4 is 5.32 Å². The average molecular weight is 301 g/mol. The summed E-state index contributed by atoms with van der Waals surface area (Å²) in [5, 5.41) is 2.99. The summed E-state index contributed by atoms with van der Waals surface area (Å²) in [4.78, 5) is 17.0. The largest absolute Gasteiger partial charge is 0.377 e. The number of aryl methyl sites for hydroxylation is 1. The Labute approximate surface area is 129 Å². The molecule has 22 heavy (non-hydrogen) atoms. The second-order valence-electron chi connectivity index (χ2n) is 5.30. The van der Waals surface area contributed by atoms with E-state index in [1.54, 1.807) is 19.4 Å². The van der Waals surface area contributed by atoms with Crippen molar-refractivity contribution in [1.29, 1.82) is 0 Å². The molecular weight excluding hydrogens is 282 g/mol. The molecule has 0 unspecified atom stereocenters. The van der Waals surface area contributed by atoms with Gasteiger partial charge in [-0.25, -0.2) is 4.98 Å². The zero-order valence-electron chi connectivity index (χ0n) is 12.7. The van der Waals surface area contributed by atoms with Crippen LogP contribution in [0.4, 0.5) is 0 Å². The average Bonchev–Trinajstić information content (AvgIpc) is 3.15. The molecule has 0 bridgehead atoms. The molecule has 1 aliphatic heterocycles. The van der Waals surface area contributed by atoms with Crippen LogP contribution in [0.1, 0.15) is 10.4 Å². The van der Waals surface area contributed by atoms with Crippen LogP contribution in [0.5, 0.6) is 0 Å². The Morgan fingerprint density at radius 2 is 2.23 bits per heavy atom. The minimum absolute atomic E-state index is 0.107. The van der Waals surface area contributed by atoms with Gasteiger partial charge in [0.2, 0.25) is 0 Å². The fourth-order valence-corrected chi connectivity index (χ4v) is 2.65. The van der Waals surface area contributed by atoms with Gasteiger partial charge in [-0.15, -0.1) is 0 Å². The van der Waals surface area contributed by atoms with Crippen LogP contribution in [0.2, 0.25) is 0 Å². The van der Waals surface area contributed by atoms with Crippen molar-refractivity contribution < 1.29 is 14.3 Å². The number of benzene rings is 1. The van der Waals surface area contributed by atoms with Gasteiger partial charge in [-0.3, -0.25) is 4.79 Å². The van der Waals surface area contributed by atoms with E-state index in [1.165, 1.54) is 0 Å².